The van der Waals surface area contributed by atoms with Gasteiger partial charge in [0.2, 0.25) is 0 Å². The average Bonchev–Trinajstić information content (AvgIpc) is 2.63. The maximum Gasteiger partial charge on any atom is 0.255 e. The third-order valence-electron chi connectivity index (χ3n) is 3.75. The van der Waals surface area contributed by atoms with Crippen molar-refractivity contribution in [2.75, 3.05) is 0 Å². The molecule has 0 aliphatic rings. The molecule has 0 amide bonds. The van der Waals surface area contributed by atoms with Crippen LogP contribution in [0.4, 0.5) is 0 Å². The van der Waals surface area contributed by atoms with Gasteiger partial charge in [-0.05, 0) is 28.8 Å². The first-order valence-electron chi connectivity index (χ1n) is 7.54. The van der Waals surface area contributed by atoms with Crippen LogP contribution in [0.1, 0.15) is 5.56 Å². The summed E-state index contributed by atoms with van der Waals surface area (Å²) in [7, 11) is -3.73. The van der Waals surface area contributed by atoms with Gasteiger partial charge in [-0.15, -0.1) is 4.41 Å². The van der Waals surface area contributed by atoms with Crippen LogP contribution >= 0.6 is 0 Å². The minimum atomic E-state index is -3.73. The van der Waals surface area contributed by atoms with E-state index in [0.717, 1.165) is 21.1 Å². The molecule has 0 fully saturated rings. The molecule has 2 N–H and O–H groups in total. The van der Waals surface area contributed by atoms with Crippen molar-refractivity contribution in [3.8, 4) is 11.1 Å². The quantitative estimate of drug-likeness (QED) is 0.573. The molecular formula is C19H18N2O2S. The lowest BCUT2D eigenvalue weighted by atomic mass is 10.1. The Morgan fingerprint density at radius 2 is 1.21 bits per heavy atom. The second kappa shape index (κ2) is 6.97. The van der Waals surface area contributed by atoms with Crippen LogP contribution in [0.3, 0.4) is 0 Å². The molecule has 4 nitrogen and oxygen atoms in total. The molecule has 0 bridgehead atoms. The summed E-state index contributed by atoms with van der Waals surface area (Å²) in [6, 6.07) is 25.8. The van der Waals surface area contributed by atoms with Gasteiger partial charge in [-0.3, -0.25) is 5.84 Å². The van der Waals surface area contributed by atoms with Crippen LogP contribution in [0.15, 0.2) is 89.8 Å². The molecule has 5 heteroatoms. The lowest BCUT2D eigenvalue weighted by Crippen LogP contribution is -2.36. The first kappa shape index (κ1) is 16.4. The van der Waals surface area contributed by atoms with E-state index in [2.05, 4.69) is 0 Å². The first-order chi connectivity index (χ1) is 11.6. The zero-order chi connectivity index (χ0) is 17.0. The molecule has 0 aliphatic carbocycles. The summed E-state index contributed by atoms with van der Waals surface area (Å²) in [5.41, 5.74) is 2.83. The number of sulfonamides is 1. The van der Waals surface area contributed by atoms with E-state index in [1.807, 2.05) is 60.7 Å². The Kier molecular flexibility index (Phi) is 4.76. The van der Waals surface area contributed by atoms with Crippen LogP contribution in [-0.2, 0) is 16.6 Å². The highest BCUT2D eigenvalue weighted by Crippen LogP contribution is 2.22. The Bertz CT molecular complexity index is 893. The molecule has 3 aromatic carbocycles. The molecule has 0 aliphatic heterocycles. The fraction of sp³-hybridized carbons (Fsp3) is 0.0526. The van der Waals surface area contributed by atoms with Crippen molar-refractivity contribution in [1.29, 1.82) is 0 Å². The molecule has 0 heterocycles. The zero-order valence-corrected chi connectivity index (χ0v) is 13.9. The number of benzene rings is 3. The van der Waals surface area contributed by atoms with Crippen LogP contribution in [-0.4, -0.2) is 12.8 Å². The van der Waals surface area contributed by atoms with Crippen LogP contribution in [0.25, 0.3) is 11.1 Å². The molecule has 24 heavy (non-hydrogen) atoms. The number of hydrogen-bond acceptors (Lipinski definition) is 3. The van der Waals surface area contributed by atoms with E-state index in [0.29, 0.717) is 0 Å². The van der Waals surface area contributed by atoms with Crippen LogP contribution < -0.4 is 5.84 Å². The number of hydrazine groups is 1. The zero-order valence-electron chi connectivity index (χ0n) is 13.0. The summed E-state index contributed by atoms with van der Waals surface area (Å²) < 4.78 is 26.0. The van der Waals surface area contributed by atoms with E-state index < -0.39 is 10.0 Å². The van der Waals surface area contributed by atoms with Gasteiger partial charge in [0.25, 0.3) is 10.0 Å². The molecule has 0 radical (unpaired) electrons. The monoisotopic (exact) mass is 338 g/mol. The summed E-state index contributed by atoms with van der Waals surface area (Å²) in [5.74, 6) is 5.81. The smallest absolute Gasteiger partial charge is 0.254 e. The minimum Gasteiger partial charge on any atom is -0.254 e. The molecule has 0 unspecified atom stereocenters. The summed E-state index contributed by atoms with van der Waals surface area (Å²) in [6.45, 7) is 0.129. The van der Waals surface area contributed by atoms with Gasteiger partial charge in [0.1, 0.15) is 0 Å². The Labute approximate surface area is 142 Å². The van der Waals surface area contributed by atoms with Gasteiger partial charge >= 0.3 is 0 Å². The van der Waals surface area contributed by atoms with Crippen molar-refractivity contribution in [2.45, 2.75) is 11.4 Å². The maximum absolute atomic E-state index is 12.6. The fourth-order valence-corrected chi connectivity index (χ4v) is 3.50. The fourth-order valence-electron chi connectivity index (χ4n) is 2.43. The molecule has 0 saturated heterocycles. The molecule has 0 saturated carbocycles. The Morgan fingerprint density at radius 1 is 0.708 bits per heavy atom. The number of rotatable bonds is 5. The van der Waals surface area contributed by atoms with Crippen molar-refractivity contribution in [3.05, 3.63) is 90.5 Å². The van der Waals surface area contributed by atoms with Gasteiger partial charge in [0.15, 0.2) is 0 Å². The Balaban J connectivity index is 1.82. The third kappa shape index (κ3) is 3.54. The lowest BCUT2D eigenvalue weighted by Gasteiger charge is -2.17. The lowest BCUT2D eigenvalue weighted by molar-refractivity contribution is 0.422. The van der Waals surface area contributed by atoms with Gasteiger partial charge in [0, 0.05) is 0 Å². The average molecular weight is 338 g/mol. The summed E-state index contributed by atoms with van der Waals surface area (Å²) in [6.07, 6.45) is 0. The molecule has 122 valence electrons. The van der Waals surface area contributed by atoms with Gasteiger partial charge in [-0.1, -0.05) is 72.8 Å². The van der Waals surface area contributed by atoms with E-state index in [9.17, 15) is 8.42 Å². The number of hydrogen-bond donors (Lipinski definition) is 1. The van der Waals surface area contributed by atoms with Gasteiger partial charge in [0.05, 0.1) is 11.4 Å². The van der Waals surface area contributed by atoms with Crippen molar-refractivity contribution in [2.24, 2.45) is 5.84 Å². The van der Waals surface area contributed by atoms with Gasteiger partial charge in [-0.2, -0.15) is 0 Å². The summed E-state index contributed by atoms with van der Waals surface area (Å²) in [5, 5.41) is 0. The van der Waals surface area contributed by atoms with Crippen LogP contribution in [0.5, 0.6) is 0 Å². The van der Waals surface area contributed by atoms with E-state index >= 15 is 0 Å². The number of nitrogens with two attached hydrogens (primary N) is 1. The number of nitrogens with zero attached hydrogens (tertiary/aromatic N) is 1. The van der Waals surface area contributed by atoms with Crippen molar-refractivity contribution in [3.63, 3.8) is 0 Å². The van der Waals surface area contributed by atoms with E-state index in [4.69, 9.17) is 5.84 Å². The van der Waals surface area contributed by atoms with E-state index in [-0.39, 0.29) is 11.4 Å². The highest BCUT2D eigenvalue weighted by Gasteiger charge is 2.21. The van der Waals surface area contributed by atoms with Crippen LogP contribution in [0.2, 0.25) is 0 Å². The largest absolute Gasteiger partial charge is 0.255 e. The topological polar surface area (TPSA) is 63.4 Å². The minimum absolute atomic E-state index is 0.129. The third-order valence-corrected chi connectivity index (χ3v) is 5.36. The van der Waals surface area contributed by atoms with Crippen LogP contribution in [0, 0.1) is 0 Å². The van der Waals surface area contributed by atoms with Gasteiger partial charge in [-0.25, -0.2) is 8.42 Å². The van der Waals surface area contributed by atoms with E-state index in [1.54, 1.807) is 24.3 Å². The predicted molar refractivity (Wildman–Crippen MR) is 95.2 cm³/mol. The molecule has 0 atom stereocenters. The Morgan fingerprint density at radius 3 is 1.79 bits per heavy atom. The maximum atomic E-state index is 12.6. The summed E-state index contributed by atoms with van der Waals surface area (Å²) in [4.78, 5) is 0.181. The van der Waals surface area contributed by atoms with Crippen molar-refractivity contribution < 1.29 is 8.42 Å². The second-order valence-electron chi connectivity index (χ2n) is 5.43. The SMILES string of the molecule is NN(Cc1ccccc1)S(=O)(=O)c1ccc(-c2ccccc2)cc1. The van der Waals surface area contributed by atoms with Crippen molar-refractivity contribution >= 4 is 10.0 Å². The molecule has 3 rings (SSSR count). The van der Waals surface area contributed by atoms with E-state index in [1.165, 1.54) is 0 Å². The highest BCUT2D eigenvalue weighted by atomic mass is 32.2. The first-order valence-corrected chi connectivity index (χ1v) is 8.98. The van der Waals surface area contributed by atoms with Crippen molar-refractivity contribution in [1.82, 2.24) is 4.41 Å². The predicted octanol–water partition coefficient (Wildman–Crippen LogP) is 3.42. The summed E-state index contributed by atoms with van der Waals surface area (Å²) >= 11 is 0. The molecule has 0 aromatic heterocycles. The van der Waals surface area contributed by atoms with Gasteiger partial charge < -0.3 is 0 Å². The molecule has 3 aromatic rings. The molecular weight excluding hydrogens is 320 g/mol. The molecule has 0 spiro atoms. The Hall–Kier alpha value is -2.47. The highest BCUT2D eigenvalue weighted by molar-refractivity contribution is 7.89. The standard InChI is InChI=1S/C19H18N2O2S/c20-21(15-16-7-3-1-4-8-16)24(22,23)19-13-11-18(12-14-19)17-9-5-2-6-10-17/h1-14H,15,20H2. The normalized spacial score (nSPS) is 11.6. The second-order valence-corrected chi connectivity index (χ2v) is 7.32.